The summed E-state index contributed by atoms with van der Waals surface area (Å²) in [4.78, 5) is 2.26. The first kappa shape index (κ1) is 14.2. The molecule has 0 saturated carbocycles. The summed E-state index contributed by atoms with van der Waals surface area (Å²) in [7, 11) is 5.33. The molecule has 106 valence electrons. The lowest BCUT2D eigenvalue weighted by Crippen LogP contribution is -2.27. The Morgan fingerprint density at radius 2 is 1.84 bits per heavy atom. The Morgan fingerprint density at radius 3 is 2.53 bits per heavy atom. The zero-order chi connectivity index (χ0) is 13.9. The van der Waals surface area contributed by atoms with Crippen LogP contribution in [0.15, 0.2) is 18.2 Å². The minimum Gasteiger partial charge on any atom is -0.493 e. The van der Waals surface area contributed by atoms with Gasteiger partial charge in [-0.3, -0.25) is 0 Å². The van der Waals surface area contributed by atoms with Crippen molar-refractivity contribution < 1.29 is 14.6 Å². The molecule has 1 aliphatic rings. The Kier molecular flexibility index (Phi) is 4.32. The number of aliphatic hydroxyl groups is 1. The molecule has 1 aromatic carbocycles. The fourth-order valence-electron chi connectivity index (χ4n) is 2.67. The molecular weight excluding hydrogens is 242 g/mol. The molecule has 19 heavy (non-hydrogen) atoms. The van der Waals surface area contributed by atoms with Crippen molar-refractivity contribution in [2.45, 2.75) is 24.9 Å². The van der Waals surface area contributed by atoms with E-state index in [0.717, 1.165) is 37.9 Å². The van der Waals surface area contributed by atoms with Gasteiger partial charge in [-0.1, -0.05) is 6.07 Å². The summed E-state index contributed by atoms with van der Waals surface area (Å²) in [5.74, 6) is 1.37. The van der Waals surface area contributed by atoms with Crippen molar-refractivity contribution in [3.05, 3.63) is 23.8 Å². The lowest BCUT2D eigenvalue weighted by molar-refractivity contribution is 0.0216. The maximum Gasteiger partial charge on any atom is 0.161 e. The highest BCUT2D eigenvalue weighted by Gasteiger charge is 2.31. The second-order valence-corrected chi connectivity index (χ2v) is 5.26. The Labute approximate surface area is 114 Å². The molecule has 0 amide bonds. The summed E-state index contributed by atoms with van der Waals surface area (Å²) in [5, 5.41) is 10.9. The van der Waals surface area contributed by atoms with Gasteiger partial charge in [0.25, 0.3) is 0 Å². The molecule has 1 unspecified atom stereocenters. The van der Waals surface area contributed by atoms with Crippen molar-refractivity contribution in [3.8, 4) is 11.5 Å². The van der Waals surface area contributed by atoms with Gasteiger partial charge in [0.1, 0.15) is 0 Å². The van der Waals surface area contributed by atoms with Gasteiger partial charge < -0.3 is 19.5 Å². The first-order chi connectivity index (χ1) is 9.09. The van der Waals surface area contributed by atoms with E-state index in [1.54, 1.807) is 14.2 Å². The Morgan fingerprint density at radius 1 is 1.11 bits per heavy atom. The van der Waals surface area contributed by atoms with Crippen LogP contribution in [-0.2, 0) is 5.60 Å². The maximum absolute atomic E-state index is 10.9. The minimum absolute atomic E-state index is 0.672. The van der Waals surface area contributed by atoms with Crippen LogP contribution in [0.3, 0.4) is 0 Å². The molecule has 0 aliphatic carbocycles. The van der Waals surface area contributed by atoms with E-state index in [0.29, 0.717) is 11.5 Å². The van der Waals surface area contributed by atoms with Gasteiger partial charge in [0.05, 0.1) is 19.8 Å². The molecular formula is C15H23NO3. The summed E-state index contributed by atoms with van der Waals surface area (Å²) >= 11 is 0. The average molecular weight is 265 g/mol. The van der Waals surface area contributed by atoms with Gasteiger partial charge in [0.2, 0.25) is 0 Å². The topological polar surface area (TPSA) is 41.9 Å². The molecule has 0 radical (unpaired) electrons. The second-order valence-electron chi connectivity index (χ2n) is 5.26. The van der Waals surface area contributed by atoms with Crippen LogP contribution in [0.4, 0.5) is 0 Å². The molecule has 0 aromatic heterocycles. The van der Waals surface area contributed by atoms with Crippen LogP contribution in [0.5, 0.6) is 11.5 Å². The van der Waals surface area contributed by atoms with Crippen molar-refractivity contribution in [2.24, 2.45) is 0 Å². The molecule has 0 spiro atoms. The summed E-state index contributed by atoms with van der Waals surface area (Å²) in [6.45, 7) is 1.94. The van der Waals surface area contributed by atoms with Crippen LogP contribution in [0.25, 0.3) is 0 Å². The van der Waals surface area contributed by atoms with Crippen LogP contribution in [0, 0.1) is 0 Å². The van der Waals surface area contributed by atoms with Crippen molar-refractivity contribution in [3.63, 3.8) is 0 Å². The molecule has 1 saturated heterocycles. The number of ether oxygens (including phenoxy) is 2. The van der Waals surface area contributed by atoms with Gasteiger partial charge >= 0.3 is 0 Å². The zero-order valence-electron chi connectivity index (χ0n) is 12.0. The molecule has 2 rings (SSSR count). The smallest absolute Gasteiger partial charge is 0.161 e. The normalized spacial score (nSPS) is 24.8. The maximum atomic E-state index is 10.9. The second kappa shape index (κ2) is 5.80. The number of methoxy groups -OCH3 is 2. The summed E-state index contributed by atoms with van der Waals surface area (Å²) < 4.78 is 10.6. The SMILES string of the molecule is COc1ccc(C2(O)CCCN(C)CC2)cc1OC. The summed E-state index contributed by atoms with van der Waals surface area (Å²) in [6.07, 6.45) is 2.53. The van der Waals surface area contributed by atoms with Crippen LogP contribution >= 0.6 is 0 Å². The van der Waals surface area contributed by atoms with Crippen LogP contribution in [0.1, 0.15) is 24.8 Å². The van der Waals surface area contributed by atoms with Gasteiger partial charge in [-0.25, -0.2) is 0 Å². The van der Waals surface area contributed by atoms with E-state index >= 15 is 0 Å². The summed E-state index contributed by atoms with van der Waals surface area (Å²) in [5.41, 5.74) is 0.157. The fourth-order valence-corrected chi connectivity index (χ4v) is 2.67. The average Bonchev–Trinajstić information content (AvgIpc) is 2.61. The molecule has 1 N–H and O–H groups in total. The molecule has 1 atom stereocenters. The van der Waals surface area contributed by atoms with Gasteiger partial charge in [0, 0.05) is 6.54 Å². The van der Waals surface area contributed by atoms with Gasteiger partial charge in [-0.05, 0) is 50.6 Å². The molecule has 4 nitrogen and oxygen atoms in total. The zero-order valence-corrected chi connectivity index (χ0v) is 12.0. The third-order valence-electron chi connectivity index (χ3n) is 3.96. The molecule has 1 fully saturated rings. The lowest BCUT2D eigenvalue weighted by atomic mass is 9.86. The van der Waals surface area contributed by atoms with Crippen LogP contribution < -0.4 is 9.47 Å². The van der Waals surface area contributed by atoms with E-state index in [-0.39, 0.29) is 0 Å². The quantitative estimate of drug-likeness (QED) is 0.907. The number of rotatable bonds is 3. The Balaban J connectivity index is 2.29. The number of nitrogens with zero attached hydrogens (tertiary/aromatic N) is 1. The number of benzene rings is 1. The lowest BCUT2D eigenvalue weighted by Gasteiger charge is -2.28. The molecule has 1 aliphatic heterocycles. The molecule has 1 heterocycles. The van der Waals surface area contributed by atoms with Crippen molar-refractivity contribution in [1.82, 2.24) is 4.90 Å². The van der Waals surface area contributed by atoms with Crippen LogP contribution in [-0.4, -0.2) is 44.4 Å². The van der Waals surface area contributed by atoms with E-state index in [4.69, 9.17) is 9.47 Å². The first-order valence-electron chi connectivity index (χ1n) is 6.72. The van der Waals surface area contributed by atoms with E-state index < -0.39 is 5.60 Å². The number of hydrogen-bond acceptors (Lipinski definition) is 4. The third kappa shape index (κ3) is 3.01. The Hall–Kier alpha value is -1.26. The highest BCUT2D eigenvalue weighted by Crippen LogP contribution is 2.37. The fraction of sp³-hybridized carbons (Fsp3) is 0.600. The third-order valence-corrected chi connectivity index (χ3v) is 3.96. The van der Waals surface area contributed by atoms with E-state index in [2.05, 4.69) is 11.9 Å². The Bertz CT molecular complexity index is 435. The molecule has 4 heteroatoms. The van der Waals surface area contributed by atoms with E-state index in [9.17, 15) is 5.11 Å². The predicted octanol–water partition coefficient (Wildman–Crippen LogP) is 2.01. The van der Waals surface area contributed by atoms with E-state index in [1.165, 1.54) is 0 Å². The highest BCUT2D eigenvalue weighted by molar-refractivity contribution is 5.44. The molecule has 0 bridgehead atoms. The molecule has 1 aromatic rings. The standard InChI is InChI=1S/C15H23NO3/c1-16-9-4-7-15(17,8-10-16)12-5-6-13(18-2)14(11-12)19-3/h5-6,11,17H,4,7-10H2,1-3H3. The van der Waals surface area contributed by atoms with Crippen molar-refractivity contribution in [1.29, 1.82) is 0 Å². The number of hydrogen-bond donors (Lipinski definition) is 1. The van der Waals surface area contributed by atoms with E-state index in [1.807, 2.05) is 18.2 Å². The number of likely N-dealkylation sites (tertiary alicyclic amines) is 1. The van der Waals surface area contributed by atoms with Gasteiger partial charge in [-0.2, -0.15) is 0 Å². The minimum atomic E-state index is -0.760. The largest absolute Gasteiger partial charge is 0.493 e. The highest BCUT2D eigenvalue weighted by atomic mass is 16.5. The van der Waals surface area contributed by atoms with Crippen molar-refractivity contribution in [2.75, 3.05) is 34.4 Å². The monoisotopic (exact) mass is 265 g/mol. The van der Waals surface area contributed by atoms with Crippen molar-refractivity contribution >= 4 is 0 Å². The summed E-state index contributed by atoms with van der Waals surface area (Å²) in [6, 6.07) is 5.69. The predicted molar refractivity (Wildman–Crippen MR) is 74.8 cm³/mol. The first-order valence-corrected chi connectivity index (χ1v) is 6.72. The van der Waals surface area contributed by atoms with Gasteiger partial charge in [-0.15, -0.1) is 0 Å². The van der Waals surface area contributed by atoms with Crippen LogP contribution in [0.2, 0.25) is 0 Å². The van der Waals surface area contributed by atoms with Gasteiger partial charge in [0.15, 0.2) is 11.5 Å².